The summed E-state index contributed by atoms with van der Waals surface area (Å²) in [5.41, 5.74) is 4.54. The van der Waals surface area contributed by atoms with Gasteiger partial charge in [-0.1, -0.05) is 24.3 Å². The van der Waals surface area contributed by atoms with E-state index in [0.717, 1.165) is 23.8 Å². The fraction of sp³-hybridized carbons (Fsp3) is 0.105. The minimum Gasteiger partial charge on any atom is -0.298 e. The molecular weight excluding hydrogens is 403 g/mol. The second kappa shape index (κ2) is 6.75. The summed E-state index contributed by atoms with van der Waals surface area (Å²) in [6, 6.07) is 18.7. The van der Waals surface area contributed by atoms with Crippen LogP contribution in [0.15, 0.2) is 54.6 Å². The summed E-state index contributed by atoms with van der Waals surface area (Å²) in [6.07, 6.45) is 1.86. The van der Waals surface area contributed by atoms with Crippen molar-refractivity contribution in [1.82, 2.24) is 0 Å². The van der Waals surface area contributed by atoms with Gasteiger partial charge in [-0.3, -0.25) is 4.79 Å². The molecule has 3 rings (SSSR count). The van der Waals surface area contributed by atoms with Gasteiger partial charge >= 0.3 is 0 Å². The lowest BCUT2D eigenvalue weighted by atomic mass is 10.1. The number of hydrogen-bond acceptors (Lipinski definition) is 2. The van der Waals surface area contributed by atoms with Crippen molar-refractivity contribution in [3.05, 3.63) is 79.7 Å². The predicted octanol–water partition coefficient (Wildman–Crippen LogP) is 5.73. The monoisotopic (exact) mass is 418 g/mol. The average Bonchev–Trinajstić information content (AvgIpc) is 2.99. The first kappa shape index (κ1) is 15.4. The number of halogens is 1. The van der Waals surface area contributed by atoms with Crippen molar-refractivity contribution in [1.29, 1.82) is 0 Å². The van der Waals surface area contributed by atoms with Gasteiger partial charge in [0.15, 0.2) is 0 Å². The molecule has 0 amide bonds. The van der Waals surface area contributed by atoms with E-state index in [1.165, 1.54) is 24.5 Å². The third-order valence-corrected chi connectivity index (χ3v) is 5.45. The van der Waals surface area contributed by atoms with Crippen molar-refractivity contribution in [2.75, 3.05) is 0 Å². The second-order valence-electron chi connectivity index (χ2n) is 5.26. The minimum absolute atomic E-state index is 0.723. The van der Waals surface area contributed by atoms with E-state index in [1.54, 1.807) is 11.3 Å². The minimum atomic E-state index is 0.723. The highest BCUT2D eigenvalue weighted by Gasteiger charge is 2.06. The number of carbonyl (C=O) groups is 1. The Hall–Kier alpha value is -1.46. The van der Waals surface area contributed by atoms with E-state index in [0.29, 0.717) is 0 Å². The Morgan fingerprint density at radius 3 is 2.77 bits per heavy atom. The molecule has 0 aliphatic carbocycles. The van der Waals surface area contributed by atoms with Crippen molar-refractivity contribution in [3.63, 3.8) is 0 Å². The maximum absolute atomic E-state index is 10.9. The smallest absolute Gasteiger partial charge is 0.150 e. The third kappa shape index (κ3) is 3.47. The van der Waals surface area contributed by atoms with Crippen LogP contribution in [0.25, 0.3) is 10.4 Å². The van der Waals surface area contributed by atoms with E-state index < -0.39 is 0 Å². The molecule has 0 N–H and O–H groups in total. The summed E-state index contributed by atoms with van der Waals surface area (Å²) in [7, 11) is 0. The van der Waals surface area contributed by atoms with Gasteiger partial charge in [0.1, 0.15) is 6.29 Å². The molecule has 1 nitrogen and oxygen atoms in total. The summed E-state index contributed by atoms with van der Waals surface area (Å²) < 4.78 is 1.27. The number of benzene rings is 2. The standard InChI is InChI=1S/C19H15IOS/c1-13-5-6-17(20)10-16(13)11-18-7-8-19(22-18)15-4-2-3-14(9-15)12-21/h2-10,12H,11H2,1H3. The van der Waals surface area contributed by atoms with Gasteiger partial charge in [0.25, 0.3) is 0 Å². The summed E-state index contributed by atoms with van der Waals surface area (Å²) in [5.74, 6) is 0. The highest BCUT2D eigenvalue weighted by atomic mass is 127. The lowest BCUT2D eigenvalue weighted by Crippen LogP contribution is -1.90. The number of rotatable bonds is 4. The summed E-state index contributed by atoms with van der Waals surface area (Å²) in [4.78, 5) is 13.5. The number of aryl methyl sites for hydroxylation is 1. The first-order valence-electron chi connectivity index (χ1n) is 7.05. The Labute approximate surface area is 148 Å². The van der Waals surface area contributed by atoms with Crippen molar-refractivity contribution >= 4 is 40.2 Å². The van der Waals surface area contributed by atoms with E-state index in [9.17, 15) is 4.79 Å². The van der Waals surface area contributed by atoms with Gasteiger partial charge in [-0.25, -0.2) is 0 Å². The molecule has 0 saturated carbocycles. The van der Waals surface area contributed by atoms with Gasteiger partial charge in [-0.15, -0.1) is 11.3 Å². The molecule has 110 valence electrons. The summed E-state index contributed by atoms with van der Waals surface area (Å²) in [6.45, 7) is 2.16. The van der Waals surface area contributed by atoms with E-state index in [4.69, 9.17) is 0 Å². The molecule has 1 heterocycles. The van der Waals surface area contributed by atoms with Gasteiger partial charge in [-0.05, 0) is 76.5 Å². The molecule has 0 radical (unpaired) electrons. The van der Waals surface area contributed by atoms with E-state index in [2.05, 4.69) is 65.9 Å². The van der Waals surface area contributed by atoms with E-state index >= 15 is 0 Å². The van der Waals surface area contributed by atoms with Crippen molar-refractivity contribution < 1.29 is 4.79 Å². The zero-order chi connectivity index (χ0) is 15.5. The highest BCUT2D eigenvalue weighted by Crippen LogP contribution is 2.30. The summed E-state index contributed by atoms with van der Waals surface area (Å²) in [5, 5.41) is 0. The van der Waals surface area contributed by atoms with Crippen LogP contribution < -0.4 is 0 Å². The van der Waals surface area contributed by atoms with Crippen LogP contribution in [-0.2, 0) is 6.42 Å². The Morgan fingerprint density at radius 2 is 1.95 bits per heavy atom. The molecule has 0 unspecified atom stereocenters. The molecule has 2 aromatic carbocycles. The largest absolute Gasteiger partial charge is 0.298 e. The van der Waals surface area contributed by atoms with Crippen molar-refractivity contribution in [3.8, 4) is 10.4 Å². The molecule has 22 heavy (non-hydrogen) atoms. The van der Waals surface area contributed by atoms with Gasteiger partial charge in [0.2, 0.25) is 0 Å². The Morgan fingerprint density at radius 1 is 1.09 bits per heavy atom. The molecule has 0 spiro atoms. The van der Waals surface area contributed by atoms with Crippen LogP contribution in [-0.4, -0.2) is 6.29 Å². The van der Waals surface area contributed by atoms with Crippen LogP contribution in [0, 0.1) is 10.5 Å². The molecule has 0 aliphatic rings. The van der Waals surface area contributed by atoms with Crippen LogP contribution in [0.2, 0.25) is 0 Å². The maximum Gasteiger partial charge on any atom is 0.150 e. The number of carbonyl (C=O) groups excluding carboxylic acids is 1. The predicted molar refractivity (Wildman–Crippen MR) is 102 cm³/mol. The van der Waals surface area contributed by atoms with Crippen molar-refractivity contribution in [2.24, 2.45) is 0 Å². The van der Waals surface area contributed by atoms with Crippen LogP contribution >= 0.6 is 33.9 Å². The molecule has 0 saturated heterocycles. The van der Waals surface area contributed by atoms with E-state index in [-0.39, 0.29) is 0 Å². The molecule has 3 heteroatoms. The van der Waals surface area contributed by atoms with Crippen LogP contribution in [0.3, 0.4) is 0 Å². The molecule has 3 aromatic rings. The van der Waals surface area contributed by atoms with E-state index in [1.807, 2.05) is 18.2 Å². The first-order chi connectivity index (χ1) is 10.7. The van der Waals surface area contributed by atoms with Crippen molar-refractivity contribution in [2.45, 2.75) is 13.3 Å². The summed E-state index contributed by atoms with van der Waals surface area (Å²) >= 11 is 4.15. The molecule has 0 bridgehead atoms. The third-order valence-electron chi connectivity index (χ3n) is 3.64. The fourth-order valence-electron chi connectivity index (χ4n) is 2.41. The normalized spacial score (nSPS) is 10.6. The van der Waals surface area contributed by atoms with Crippen LogP contribution in [0.5, 0.6) is 0 Å². The quantitative estimate of drug-likeness (QED) is 0.391. The molecule has 1 aromatic heterocycles. The Bertz CT molecular complexity index is 820. The second-order valence-corrected chi connectivity index (χ2v) is 7.67. The molecule has 0 fully saturated rings. The SMILES string of the molecule is Cc1ccc(I)cc1Cc1ccc(-c2cccc(C=O)c2)s1. The lowest BCUT2D eigenvalue weighted by molar-refractivity contribution is 0.112. The Kier molecular flexibility index (Phi) is 4.74. The maximum atomic E-state index is 10.9. The highest BCUT2D eigenvalue weighted by molar-refractivity contribution is 14.1. The molecular formula is C19H15IOS. The van der Waals surface area contributed by atoms with Crippen LogP contribution in [0.4, 0.5) is 0 Å². The van der Waals surface area contributed by atoms with Gasteiger partial charge in [-0.2, -0.15) is 0 Å². The molecule has 0 atom stereocenters. The molecule has 0 aliphatic heterocycles. The topological polar surface area (TPSA) is 17.1 Å². The lowest BCUT2D eigenvalue weighted by Gasteiger charge is -2.05. The zero-order valence-electron chi connectivity index (χ0n) is 12.2. The van der Waals surface area contributed by atoms with Gasteiger partial charge in [0.05, 0.1) is 0 Å². The van der Waals surface area contributed by atoms with Crippen LogP contribution in [0.1, 0.15) is 26.4 Å². The zero-order valence-corrected chi connectivity index (χ0v) is 15.1. The fourth-order valence-corrected chi connectivity index (χ4v) is 3.99. The van der Waals surface area contributed by atoms with Gasteiger partial charge in [0, 0.05) is 25.3 Å². The number of hydrogen-bond donors (Lipinski definition) is 0. The van der Waals surface area contributed by atoms with Gasteiger partial charge < -0.3 is 0 Å². The first-order valence-corrected chi connectivity index (χ1v) is 8.94. The number of thiophene rings is 1. The average molecular weight is 418 g/mol. The Balaban J connectivity index is 1.87. The number of aldehydes is 1.